The standard InChI is InChI=1S/C24H25NO6/c1-6-31-24(27)20-15(2)25(17-10-8-7-9-11-17)23(26)18(20)14-16-12-13-19(28-3)22(30-5)21(16)29-4/h7-14H,6H2,1-5H3/b18-14-. The third-order valence-corrected chi connectivity index (χ3v) is 4.93. The molecule has 0 unspecified atom stereocenters. The first-order valence-electron chi connectivity index (χ1n) is 9.76. The highest BCUT2D eigenvalue weighted by atomic mass is 16.5. The fourth-order valence-electron chi connectivity index (χ4n) is 3.56. The number of benzene rings is 2. The molecule has 1 heterocycles. The van der Waals surface area contributed by atoms with Crippen molar-refractivity contribution in [3.63, 3.8) is 0 Å². The Hall–Kier alpha value is -3.74. The van der Waals surface area contributed by atoms with Crippen molar-refractivity contribution in [3.05, 3.63) is 64.9 Å². The van der Waals surface area contributed by atoms with Crippen LogP contribution in [0.25, 0.3) is 6.08 Å². The average Bonchev–Trinajstić information content (AvgIpc) is 3.03. The van der Waals surface area contributed by atoms with Gasteiger partial charge in [0.15, 0.2) is 11.5 Å². The first kappa shape index (κ1) is 22.0. The van der Waals surface area contributed by atoms with E-state index in [0.717, 1.165) is 0 Å². The van der Waals surface area contributed by atoms with E-state index in [-0.39, 0.29) is 23.7 Å². The Morgan fingerprint density at radius 3 is 2.23 bits per heavy atom. The molecule has 162 valence electrons. The van der Waals surface area contributed by atoms with Crippen molar-refractivity contribution in [2.45, 2.75) is 13.8 Å². The molecule has 2 aromatic carbocycles. The third-order valence-electron chi connectivity index (χ3n) is 4.93. The van der Waals surface area contributed by atoms with Crippen LogP contribution in [0.2, 0.25) is 0 Å². The van der Waals surface area contributed by atoms with Crippen molar-refractivity contribution >= 4 is 23.6 Å². The van der Waals surface area contributed by atoms with Gasteiger partial charge in [-0.15, -0.1) is 0 Å². The van der Waals surface area contributed by atoms with Crippen LogP contribution in [0.5, 0.6) is 17.2 Å². The largest absolute Gasteiger partial charge is 0.493 e. The number of ether oxygens (including phenoxy) is 4. The molecule has 7 heteroatoms. The molecule has 31 heavy (non-hydrogen) atoms. The quantitative estimate of drug-likeness (QED) is 0.495. The second kappa shape index (κ2) is 9.38. The van der Waals surface area contributed by atoms with Crippen LogP contribution in [0.1, 0.15) is 19.4 Å². The van der Waals surface area contributed by atoms with Crippen LogP contribution in [0.3, 0.4) is 0 Å². The molecule has 0 bridgehead atoms. The van der Waals surface area contributed by atoms with Gasteiger partial charge in [0.1, 0.15) is 0 Å². The Kier molecular flexibility index (Phi) is 6.65. The molecule has 7 nitrogen and oxygen atoms in total. The summed E-state index contributed by atoms with van der Waals surface area (Å²) in [5, 5.41) is 0. The maximum absolute atomic E-state index is 13.4. The summed E-state index contributed by atoms with van der Waals surface area (Å²) in [6, 6.07) is 12.6. The number of anilines is 1. The summed E-state index contributed by atoms with van der Waals surface area (Å²) in [7, 11) is 4.53. The van der Waals surface area contributed by atoms with Gasteiger partial charge in [0.25, 0.3) is 5.91 Å². The number of hydrogen-bond acceptors (Lipinski definition) is 6. The Morgan fingerprint density at radius 2 is 1.65 bits per heavy atom. The van der Waals surface area contributed by atoms with E-state index in [9.17, 15) is 9.59 Å². The number of esters is 1. The van der Waals surface area contributed by atoms with E-state index in [1.54, 1.807) is 32.1 Å². The van der Waals surface area contributed by atoms with Crippen molar-refractivity contribution in [2.24, 2.45) is 0 Å². The van der Waals surface area contributed by atoms with Crippen molar-refractivity contribution < 1.29 is 28.5 Å². The number of carbonyl (C=O) groups is 2. The Morgan fingerprint density at radius 1 is 0.968 bits per heavy atom. The lowest BCUT2D eigenvalue weighted by atomic mass is 10.0. The normalized spacial score (nSPS) is 14.8. The van der Waals surface area contributed by atoms with E-state index in [2.05, 4.69) is 0 Å². The molecule has 0 radical (unpaired) electrons. The Labute approximate surface area is 181 Å². The number of rotatable bonds is 7. The van der Waals surface area contributed by atoms with Gasteiger partial charge >= 0.3 is 5.97 Å². The van der Waals surface area contributed by atoms with Gasteiger partial charge in [0.05, 0.1) is 39.1 Å². The van der Waals surface area contributed by atoms with Crippen molar-refractivity contribution in [1.29, 1.82) is 0 Å². The molecule has 0 aromatic heterocycles. The lowest BCUT2D eigenvalue weighted by Crippen LogP contribution is -2.24. The van der Waals surface area contributed by atoms with E-state index in [0.29, 0.717) is 34.2 Å². The Balaban J connectivity index is 2.20. The van der Waals surface area contributed by atoms with Gasteiger partial charge < -0.3 is 18.9 Å². The summed E-state index contributed by atoms with van der Waals surface area (Å²) in [6.07, 6.45) is 1.61. The van der Waals surface area contributed by atoms with Gasteiger partial charge in [-0.3, -0.25) is 9.69 Å². The van der Waals surface area contributed by atoms with E-state index >= 15 is 0 Å². The van der Waals surface area contributed by atoms with Crippen LogP contribution < -0.4 is 19.1 Å². The lowest BCUT2D eigenvalue weighted by Gasteiger charge is -2.17. The smallest absolute Gasteiger partial charge is 0.340 e. The van der Waals surface area contributed by atoms with Gasteiger partial charge in [-0.1, -0.05) is 18.2 Å². The summed E-state index contributed by atoms with van der Waals surface area (Å²) < 4.78 is 21.5. The van der Waals surface area contributed by atoms with Crippen LogP contribution in [-0.2, 0) is 14.3 Å². The molecule has 0 fully saturated rings. The highest BCUT2D eigenvalue weighted by molar-refractivity contribution is 6.24. The molecule has 0 aliphatic carbocycles. The maximum atomic E-state index is 13.4. The number of allylic oxidation sites excluding steroid dienone is 1. The molecule has 0 spiro atoms. The minimum absolute atomic E-state index is 0.197. The molecule has 2 aromatic rings. The maximum Gasteiger partial charge on any atom is 0.340 e. The highest BCUT2D eigenvalue weighted by Crippen LogP contribution is 2.42. The van der Waals surface area contributed by atoms with Crippen molar-refractivity contribution in [2.75, 3.05) is 32.8 Å². The fraction of sp³-hybridized carbons (Fsp3) is 0.250. The van der Waals surface area contributed by atoms with Gasteiger partial charge in [0, 0.05) is 16.9 Å². The fourth-order valence-corrected chi connectivity index (χ4v) is 3.56. The minimum atomic E-state index is -0.558. The van der Waals surface area contributed by atoms with Gasteiger partial charge in [0.2, 0.25) is 5.75 Å². The molecular weight excluding hydrogens is 398 g/mol. The first-order valence-corrected chi connectivity index (χ1v) is 9.76. The molecule has 0 saturated heterocycles. The minimum Gasteiger partial charge on any atom is -0.493 e. The van der Waals surface area contributed by atoms with Crippen LogP contribution in [0, 0.1) is 0 Å². The lowest BCUT2D eigenvalue weighted by molar-refractivity contribution is -0.138. The zero-order valence-corrected chi connectivity index (χ0v) is 18.2. The third kappa shape index (κ3) is 3.99. The van der Waals surface area contributed by atoms with Crippen LogP contribution in [0.15, 0.2) is 59.3 Å². The average molecular weight is 423 g/mol. The SMILES string of the molecule is CCOC(=O)C1=C(C)N(c2ccccc2)C(=O)/C1=C\c1ccc(OC)c(OC)c1OC. The number of amides is 1. The number of hydrogen-bond donors (Lipinski definition) is 0. The predicted octanol–water partition coefficient (Wildman–Crippen LogP) is 3.98. The topological polar surface area (TPSA) is 74.3 Å². The second-order valence-electron chi connectivity index (χ2n) is 6.64. The zero-order chi connectivity index (χ0) is 22.5. The highest BCUT2D eigenvalue weighted by Gasteiger charge is 2.38. The van der Waals surface area contributed by atoms with E-state index < -0.39 is 5.97 Å². The number of methoxy groups -OCH3 is 3. The van der Waals surface area contributed by atoms with Crippen molar-refractivity contribution in [1.82, 2.24) is 0 Å². The molecule has 0 saturated carbocycles. The first-order chi connectivity index (χ1) is 15.0. The molecule has 0 N–H and O–H groups in total. The van der Waals surface area contributed by atoms with Crippen LogP contribution >= 0.6 is 0 Å². The summed E-state index contributed by atoms with van der Waals surface area (Å²) in [5.74, 6) is 0.382. The number of carbonyl (C=O) groups excluding carboxylic acids is 2. The van der Waals surface area contributed by atoms with Gasteiger partial charge in [-0.2, -0.15) is 0 Å². The number of para-hydroxylation sites is 1. The molecular formula is C24H25NO6. The molecule has 1 aliphatic rings. The van der Waals surface area contributed by atoms with Gasteiger partial charge in [-0.25, -0.2) is 4.79 Å². The van der Waals surface area contributed by atoms with Crippen molar-refractivity contribution in [3.8, 4) is 17.2 Å². The summed E-state index contributed by atoms with van der Waals surface area (Å²) in [6.45, 7) is 3.65. The van der Waals surface area contributed by atoms with Crippen LogP contribution in [-0.4, -0.2) is 39.8 Å². The summed E-state index contributed by atoms with van der Waals surface area (Å²) >= 11 is 0. The molecule has 0 atom stereocenters. The van der Waals surface area contributed by atoms with E-state index in [1.165, 1.54) is 26.2 Å². The predicted molar refractivity (Wildman–Crippen MR) is 117 cm³/mol. The second-order valence-corrected chi connectivity index (χ2v) is 6.64. The molecule has 1 aliphatic heterocycles. The van der Waals surface area contributed by atoms with Gasteiger partial charge in [-0.05, 0) is 44.2 Å². The van der Waals surface area contributed by atoms with Crippen LogP contribution in [0.4, 0.5) is 5.69 Å². The zero-order valence-electron chi connectivity index (χ0n) is 18.2. The van der Waals surface area contributed by atoms with E-state index in [4.69, 9.17) is 18.9 Å². The summed E-state index contributed by atoms with van der Waals surface area (Å²) in [4.78, 5) is 27.7. The van der Waals surface area contributed by atoms with E-state index in [1.807, 2.05) is 30.3 Å². The number of nitrogens with zero attached hydrogens (tertiary/aromatic N) is 1. The molecule has 3 rings (SSSR count). The molecule has 1 amide bonds. The Bertz CT molecular complexity index is 1060. The monoisotopic (exact) mass is 423 g/mol. The summed E-state index contributed by atoms with van der Waals surface area (Å²) in [5.41, 5.74) is 2.15.